The van der Waals surface area contributed by atoms with Crippen molar-refractivity contribution in [2.45, 2.75) is 18.6 Å². The Bertz CT molecular complexity index is 400. The van der Waals surface area contributed by atoms with Crippen LogP contribution in [0.25, 0.3) is 0 Å². The second-order valence-corrected chi connectivity index (χ2v) is 4.17. The van der Waals surface area contributed by atoms with Gasteiger partial charge in [-0.05, 0) is 18.2 Å². The molecule has 1 aromatic carbocycles. The van der Waals surface area contributed by atoms with Crippen LogP contribution in [0.4, 0.5) is 0 Å². The molecule has 1 aliphatic rings. The van der Waals surface area contributed by atoms with Gasteiger partial charge in [0.2, 0.25) is 0 Å². The number of carboxylic acid groups (broad SMARTS) is 1. The number of carbonyl (C=O) groups is 1. The number of carboxylic acids is 1. The van der Waals surface area contributed by atoms with Gasteiger partial charge in [0.25, 0.3) is 0 Å². The predicted molar refractivity (Wildman–Crippen MR) is 67.2 cm³/mol. The second-order valence-electron chi connectivity index (χ2n) is 3.73. The first-order valence-corrected chi connectivity index (χ1v) is 5.41. The van der Waals surface area contributed by atoms with E-state index in [1.165, 1.54) is 0 Å². The Morgan fingerprint density at radius 2 is 2.29 bits per heavy atom. The van der Waals surface area contributed by atoms with Crippen LogP contribution in [0.5, 0.6) is 5.75 Å². The summed E-state index contributed by atoms with van der Waals surface area (Å²) >= 11 is 5.82. The summed E-state index contributed by atoms with van der Waals surface area (Å²) in [6.07, 6.45) is 0.363. The van der Waals surface area contributed by atoms with Crippen molar-refractivity contribution in [1.29, 1.82) is 0 Å². The Kier molecular flexibility index (Phi) is 5.05. The van der Waals surface area contributed by atoms with Crippen LogP contribution in [-0.4, -0.2) is 29.8 Å². The van der Waals surface area contributed by atoms with Crippen molar-refractivity contribution in [2.75, 3.05) is 6.54 Å². The largest absolute Gasteiger partial charge is 0.489 e. The molecule has 0 aliphatic carbocycles. The number of nitrogens with one attached hydrogen (secondary N) is 1. The molecule has 6 heteroatoms. The van der Waals surface area contributed by atoms with Crippen LogP contribution in [0, 0.1) is 0 Å². The molecule has 2 N–H and O–H groups in total. The van der Waals surface area contributed by atoms with Gasteiger partial charge in [0, 0.05) is 18.0 Å². The minimum Gasteiger partial charge on any atom is -0.489 e. The van der Waals surface area contributed by atoms with Crippen LogP contribution in [0.3, 0.4) is 0 Å². The van der Waals surface area contributed by atoms with Crippen molar-refractivity contribution in [3.63, 3.8) is 0 Å². The number of benzene rings is 1. The molecule has 94 valence electrons. The van der Waals surface area contributed by atoms with E-state index in [2.05, 4.69) is 5.32 Å². The van der Waals surface area contributed by atoms with Gasteiger partial charge in [-0.1, -0.05) is 17.7 Å². The lowest BCUT2D eigenvalue weighted by molar-refractivity contribution is -0.139. The standard InChI is InChI=1S/C11H12ClNO3.ClH/c12-7-2-1-3-8(4-7)16-9-5-10(11(14)15)13-6-9;/h1-4,9-10,13H,5-6H2,(H,14,15);1H/t9-,10-;/m0./s1. The molecule has 1 aliphatic heterocycles. The van der Waals surface area contributed by atoms with E-state index < -0.39 is 12.0 Å². The summed E-state index contributed by atoms with van der Waals surface area (Å²) in [4.78, 5) is 10.7. The van der Waals surface area contributed by atoms with Crippen LogP contribution >= 0.6 is 24.0 Å². The Morgan fingerprint density at radius 3 is 2.88 bits per heavy atom. The summed E-state index contributed by atoms with van der Waals surface area (Å²) in [5.74, 6) is -0.164. The van der Waals surface area contributed by atoms with Crippen molar-refractivity contribution < 1.29 is 14.6 Å². The first-order chi connectivity index (χ1) is 7.65. The van der Waals surface area contributed by atoms with Crippen molar-refractivity contribution in [1.82, 2.24) is 5.32 Å². The molecule has 17 heavy (non-hydrogen) atoms. The van der Waals surface area contributed by atoms with Crippen molar-refractivity contribution >= 4 is 30.0 Å². The van der Waals surface area contributed by atoms with E-state index in [1.807, 2.05) is 0 Å². The minimum absolute atomic E-state index is 0. The van der Waals surface area contributed by atoms with Crippen molar-refractivity contribution in [3.05, 3.63) is 29.3 Å². The molecular formula is C11H13Cl2NO3. The molecule has 2 atom stereocenters. The molecule has 0 spiro atoms. The van der Waals surface area contributed by atoms with Gasteiger partial charge in [0.05, 0.1) is 0 Å². The number of aliphatic carboxylic acids is 1. The highest BCUT2D eigenvalue weighted by molar-refractivity contribution is 6.30. The second kappa shape index (κ2) is 6.10. The Hall–Kier alpha value is -0.970. The van der Waals surface area contributed by atoms with E-state index >= 15 is 0 Å². The predicted octanol–water partition coefficient (Wildman–Crippen LogP) is 1.96. The van der Waals surface area contributed by atoms with Gasteiger partial charge in [-0.25, -0.2) is 0 Å². The van der Waals surface area contributed by atoms with E-state index in [9.17, 15) is 4.79 Å². The quantitative estimate of drug-likeness (QED) is 0.887. The van der Waals surface area contributed by atoms with Crippen LogP contribution < -0.4 is 10.1 Å². The lowest BCUT2D eigenvalue weighted by atomic mass is 10.2. The first kappa shape index (κ1) is 14.1. The maximum Gasteiger partial charge on any atom is 0.320 e. The number of ether oxygens (including phenoxy) is 1. The monoisotopic (exact) mass is 277 g/mol. The van der Waals surface area contributed by atoms with Gasteiger partial charge in [-0.15, -0.1) is 12.4 Å². The van der Waals surface area contributed by atoms with Crippen molar-refractivity contribution in [2.24, 2.45) is 0 Å². The number of hydrogen-bond acceptors (Lipinski definition) is 3. The summed E-state index contributed by atoms with van der Waals surface area (Å²) in [5.41, 5.74) is 0. The zero-order valence-corrected chi connectivity index (χ0v) is 10.5. The Morgan fingerprint density at radius 1 is 1.53 bits per heavy atom. The van der Waals surface area contributed by atoms with E-state index in [0.29, 0.717) is 23.7 Å². The molecule has 1 heterocycles. The fraction of sp³-hybridized carbons (Fsp3) is 0.364. The molecule has 1 saturated heterocycles. The third-order valence-electron chi connectivity index (χ3n) is 2.49. The zero-order valence-electron chi connectivity index (χ0n) is 8.93. The molecule has 0 amide bonds. The first-order valence-electron chi connectivity index (χ1n) is 5.03. The number of halogens is 2. The van der Waals surface area contributed by atoms with Gasteiger partial charge in [-0.2, -0.15) is 0 Å². The van der Waals surface area contributed by atoms with Gasteiger partial charge >= 0.3 is 5.97 Å². The minimum atomic E-state index is -0.836. The van der Waals surface area contributed by atoms with Crippen molar-refractivity contribution in [3.8, 4) is 5.75 Å². The lowest BCUT2D eigenvalue weighted by Crippen LogP contribution is -2.30. The molecule has 1 fully saturated rings. The summed E-state index contributed by atoms with van der Waals surface area (Å²) in [5, 5.41) is 12.3. The maximum absolute atomic E-state index is 10.7. The van der Waals surface area contributed by atoms with Gasteiger partial charge in [-0.3, -0.25) is 4.79 Å². The normalized spacial score (nSPS) is 22.9. The summed E-state index contributed by atoms with van der Waals surface area (Å²) in [7, 11) is 0. The van der Waals surface area contributed by atoms with Gasteiger partial charge < -0.3 is 15.2 Å². The van der Waals surface area contributed by atoms with Crippen LogP contribution in [0.15, 0.2) is 24.3 Å². The summed E-state index contributed by atoms with van der Waals surface area (Å²) < 4.78 is 5.63. The molecule has 1 aromatic rings. The zero-order chi connectivity index (χ0) is 11.5. The molecule has 0 bridgehead atoms. The summed E-state index contributed by atoms with van der Waals surface area (Å²) in [6.45, 7) is 0.545. The molecule has 2 rings (SSSR count). The van der Waals surface area contributed by atoms with Crippen LogP contribution in [0.2, 0.25) is 5.02 Å². The van der Waals surface area contributed by atoms with Gasteiger partial charge in [0.1, 0.15) is 17.9 Å². The van der Waals surface area contributed by atoms with Gasteiger partial charge in [0.15, 0.2) is 0 Å². The highest BCUT2D eigenvalue weighted by Crippen LogP contribution is 2.21. The highest BCUT2D eigenvalue weighted by atomic mass is 35.5. The Balaban J connectivity index is 0.00000144. The average Bonchev–Trinajstić information content (AvgIpc) is 2.66. The van der Waals surface area contributed by atoms with E-state index in [0.717, 1.165) is 0 Å². The van der Waals surface area contributed by atoms with E-state index in [1.54, 1.807) is 24.3 Å². The molecule has 0 aromatic heterocycles. The van der Waals surface area contributed by atoms with Crippen LogP contribution in [-0.2, 0) is 4.79 Å². The molecular weight excluding hydrogens is 265 g/mol. The van der Waals surface area contributed by atoms with Crippen LogP contribution in [0.1, 0.15) is 6.42 Å². The molecule has 0 unspecified atom stereocenters. The fourth-order valence-corrected chi connectivity index (χ4v) is 1.89. The van der Waals surface area contributed by atoms with E-state index in [-0.39, 0.29) is 18.5 Å². The summed E-state index contributed by atoms with van der Waals surface area (Å²) in [6, 6.07) is 6.58. The maximum atomic E-state index is 10.7. The molecule has 0 saturated carbocycles. The number of rotatable bonds is 3. The third kappa shape index (κ3) is 3.77. The molecule has 0 radical (unpaired) electrons. The smallest absolute Gasteiger partial charge is 0.320 e. The number of hydrogen-bond donors (Lipinski definition) is 2. The fourth-order valence-electron chi connectivity index (χ4n) is 1.71. The molecule has 4 nitrogen and oxygen atoms in total. The third-order valence-corrected chi connectivity index (χ3v) is 2.72. The SMILES string of the molecule is Cl.O=C(O)[C@@H]1C[C@H](Oc2cccc(Cl)c2)CN1. The highest BCUT2D eigenvalue weighted by Gasteiger charge is 2.30. The Labute approximate surface area is 110 Å². The topological polar surface area (TPSA) is 58.6 Å². The van der Waals surface area contributed by atoms with E-state index in [4.69, 9.17) is 21.4 Å². The average molecular weight is 278 g/mol. The lowest BCUT2D eigenvalue weighted by Gasteiger charge is -2.12.